The van der Waals surface area contributed by atoms with E-state index in [4.69, 9.17) is 4.74 Å². The predicted octanol–water partition coefficient (Wildman–Crippen LogP) is 5.08. The molecule has 2 amide bonds. The number of benzene rings is 3. The van der Waals surface area contributed by atoms with E-state index < -0.39 is 34.3 Å². The van der Waals surface area contributed by atoms with Crippen LogP contribution in [0.1, 0.15) is 50.2 Å². The molecule has 1 atom stereocenters. The van der Waals surface area contributed by atoms with E-state index in [-0.39, 0.29) is 24.9 Å². The largest absolute Gasteiger partial charge is 0.494 e. The fourth-order valence-corrected chi connectivity index (χ4v) is 6.22. The lowest BCUT2D eigenvalue weighted by atomic mass is 9.94. The van der Waals surface area contributed by atoms with Gasteiger partial charge in [0, 0.05) is 19.0 Å². The van der Waals surface area contributed by atoms with Gasteiger partial charge in [0.1, 0.15) is 24.2 Å². The van der Waals surface area contributed by atoms with Gasteiger partial charge in [0.25, 0.3) is 0 Å². The van der Waals surface area contributed by atoms with Crippen LogP contribution in [0.4, 0.5) is 10.1 Å². The van der Waals surface area contributed by atoms with Gasteiger partial charge < -0.3 is 15.0 Å². The van der Waals surface area contributed by atoms with Crippen LogP contribution in [0.3, 0.4) is 0 Å². The zero-order valence-electron chi connectivity index (χ0n) is 24.7. The number of ether oxygens (including phenoxy) is 1. The molecular weight excluding hydrogens is 569 g/mol. The number of carbonyl (C=O) groups is 2. The summed E-state index contributed by atoms with van der Waals surface area (Å²) >= 11 is 0. The van der Waals surface area contributed by atoms with E-state index >= 15 is 0 Å². The number of hydrogen-bond acceptors (Lipinski definition) is 5. The summed E-state index contributed by atoms with van der Waals surface area (Å²) in [6.07, 6.45) is 6.19. The topological polar surface area (TPSA) is 96.0 Å². The summed E-state index contributed by atoms with van der Waals surface area (Å²) in [6.45, 7) is 1.78. The number of rotatable bonds is 13. The molecule has 0 radical (unpaired) electrons. The van der Waals surface area contributed by atoms with Gasteiger partial charge in [-0.3, -0.25) is 13.9 Å². The lowest BCUT2D eigenvalue weighted by Crippen LogP contribution is -2.55. The number of halogens is 1. The van der Waals surface area contributed by atoms with Crippen molar-refractivity contribution in [2.24, 2.45) is 0 Å². The molecule has 1 fully saturated rings. The second kappa shape index (κ2) is 15.0. The fraction of sp³-hybridized carbons (Fsp3) is 0.394. The maximum absolute atomic E-state index is 14.2. The Hall–Kier alpha value is -3.92. The molecule has 1 saturated carbocycles. The lowest BCUT2D eigenvalue weighted by molar-refractivity contribution is -0.140. The van der Waals surface area contributed by atoms with Crippen molar-refractivity contribution in [2.75, 3.05) is 23.7 Å². The molecule has 0 spiro atoms. The molecule has 43 heavy (non-hydrogen) atoms. The maximum Gasteiger partial charge on any atom is 0.244 e. The van der Waals surface area contributed by atoms with E-state index in [0.717, 1.165) is 48.2 Å². The minimum Gasteiger partial charge on any atom is -0.494 e. The Morgan fingerprint density at radius 2 is 1.58 bits per heavy atom. The zero-order valence-corrected chi connectivity index (χ0v) is 25.6. The maximum atomic E-state index is 14.2. The first-order chi connectivity index (χ1) is 20.6. The van der Waals surface area contributed by atoms with Crippen LogP contribution in [-0.4, -0.2) is 56.6 Å². The molecule has 3 aromatic carbocycles. The van der Waals surface area contributed by atoms with Crippen LogP contribution in [-0.2, 0) is 32.6 Å². The third kappa shape index (κ3) is 9.28. The first kappa shape index (κ1) is 32.0. The van der Waals surface area contributed by atoms with Crippen LogP contribution in [0, 0.1) is 5.82 Å². The normalized spacial score (nSPS) is 14.5. The highest BCUT2D eigenvalue weighted by molar-refractivity contribution is 7.92. The number of amides is 2. The van der Waals surface area contributed by atoms with Crippen LogP contribution < -0.4 is 14.4 Å². The summed E-state index contributed by atoms with van der Waals surface area (Å²) in [6, 6.07) is 20.7. The van der Waals surface area contributed by atoms with E-state index in [2.05, 4.69) is 5.32 Å². The average Bonchev–Trinajstić information content (AvgIpc) is 2.99. The highest BCUT2D eigenvalue weighted by Gasteiger charge is 2.34. The van der Waals surface area contributed by atoms with Gasteiger partial charge in [-0.25, -0.2) is 12.8 Å². The van der Waals surface area contributed by atoms with Gasteiger partial charge in [0.15, 0.2) is 0 Å². The molecule has 0 aliphatic heterocycles. The van der Waals surface area contributed by atoms with Crippen molar-refractivity contribution in [2.45, 2.75) is 64.1 Å². The Morgan fingerprint density at radius 3 is 2.19 bits per heavy atom. The molecule has 10 heteroatoms. The molecule has 4 rings (SSSR count). The molecule has 0 unspecified atom stereocenters. The van der Waals surface area contributed by atoms with Crippen LogP contribution >= 0.6 is 0 Å². The van der Waals surface area contributed by atoms with E-state index in [1.165, 1.54) is 17.0 Å². The summed E-state index contributed by atoms with van der Waals surface area (Å²) < 4.78 is 46.2. The first-order valence-electron chi connectivity index (χ1n) is 14.7. The summed E-state index contributed by atoms with van der Waals surface area (Å²) in [5.41, 5.74) is 1.77. The third-order valence-corrected chi connectivity index (χ3v) is 8.74. The Bertz CT molecular complexity index is 1440. The smallest absolute Gasteiger partial charge is 0.244 e. The molecule has 0 bridgehead atoms. The zero-order chi connectivity index (χ0) is 30.8. The monoisotopic (exact) mass is 609 g/mol. The molecule has 1 aliphatic rings. The summed E-state index contributed by atoms with van der Waals surface area (Å²) in [7, 11) is -3.88. The number of carbonyl (C=O) groups excluding carboxylic acids is 2. The van der Waals surface area contributed by atoms with E-state index in [9.17, 15) is 22.4 Å². The Labute approximate surface area is 253 Å². The number of nitrogens with one attached hydrogen (secondary N) is 1. The minimum atomic E-state index is -3.88. The molecule has 0 aromatic heterocycles. The first-order valence-corrected chi connectivity index (χ1v) is 16.6. The van der Waals surface area contributed by atoms with Crippen LogP contribution in [0.5, 0.6) is 5.75 Å². The minimum absolute atomic E-state index is 0.00438. The molecule has 8 nitrogen and oxygen atoms in total. The van der Waals surface area contributed by atoms with Gasteiger partial charge in [-0.1, -0.05) is 61.7 Å². The van der Waals surface area contributed by atoms with E-state index in [1.54, 1.807) is 36.4 Å². The van der Waals surface area contributed by atoms with Crippen molar-refractivity contribution in [3.8, 4) is 5.75 Å². The van der Waals surface area contributed by atoms with Gasteiger partial charge in [0.05, 0.1) is 18.6 Å². The number of hydrogen-bond donors (Lipinski definition) is 1. The van der Waals surface area contributed by atoms with E-state index in [0.29, 0.717) is 23.6 Å². The highest BCUT2D eigenvalue weighted by atomic mass is 32.2. The predicted molar refractivity (Wildman–Crippen MR) is 166 cm³/mol. The van der Waals surface area contributed by atoms with Crippen molar-refractivity contribution in [1.29, 1.82) is 0 Å². The second-order valence-corrected chi connectivity index (χ2v) is 12.8. The van der Waals surface area contributed by atoms with Crippen LogP contribution in [0.25, 0.3) is 0 Å². The molecule has 230 valence electrons. The summed E-state index contributed by atoms with van der Waals surface area (Å²) in [5, 5.41) is 3.16. The third-order valence-electron chi connectivity index (χ3n) is 7.60. The van der Waals surface area contributed by atoms with Gasteiger partial charge in [-0.05, 0) is 67.3 Å². The molecule has 0 saturated heterocycles. The highest BCUT2D eigenvalue weighted by Crippen LogP contribution is 2.24. The SMILES string of the molecule is CCOc1ccc(N(CC(=O)N(Cc2ccc(F)cc2)[C@@H](Cc2ccccc2)C(=O)NC2CCCCC2)S(C)(=O)=O)cc1. The molecule has 1 N–H and O–H groups in total. The molecule has 0 heterocycles. The quantitative estimate of drug-likeness (QED) is 0.292. The Morgan fingerprint density at radius 1 is 0.930 bits per heavy atom. The van der Waals surface area contributed by atoms with Crippen molar-refractivity contribution in [1.82, 2.24) is 10.2 Å². The number of anilines is 1. The van der Waals surface area contributed by atoms with Crippen molar-refractivity contribution in [3.05, 3.63) is 95.8 Å². The Kier molecular flexibility index (Phi) is 11.2. The van der Waals surface area contributed by atoms with Crippen molar-refractivity contribution < 1.29 is 27.1 Å². The van der Waals surface area contributed by atoms with Crippen LogP contribution in [0.2, 0.25) is 0 Å². The molecular formula is C33H40FN3O5S. The van der Waals surface area contributed by atoms with Gasteiger partial charge in [-0.2, -0.15) is 0 Å². The van der Waals surface area contributed by atoms with Gasteiger partial charge >= 0.3 is 0 Å². The Balaban J connectivity index is 1.70. The van der Waals surface area contributed by atoms with Gasteiger partial charge in [0.2, 0.25) is 21.8 Å². The van der Waals surface area contributed by atoms with Crippen LogP contribution in [0.15, 0.2) is 78.9 Å². The fourth-order valence-electron chi connectivity index (χ4n) is 5.37. The standard InChI is InChI=1S/C33H40FN3O5S/c1-3-42-30-20-18-29(19-21-30)37(43(2,40)41)24-32(38)36(23-26-14-16-27(34)17-15-26)31(22-25-10-6-4-7-11-25)33(39)35-28-12-8-5-9-13-28/h4,6-7,10-11,14-21,28,31H,3,5,8-9,12-13,22-24H2,1-2H3,(H,35,39)/t31-/m0/s1. The number of nitrogens with zero attached hydrogens (tertiary/aromatic N) is 2. The van der Waals surface area contributed by atoms with Gasteiger partial charge in [-0.15, -0.1) is 0 Å². The summed E-state index contributed by atoms with van der Waals surface area (Å²) in [4.78, 5) is 29.6. The van der Waals surface area contributed by atoms with Crippen molar-refractivity contribution >= 4 is 27.5 Å². The molecule has 1 aliphatic carbocycles. The van der Waals surface area contributed by atoms with Crippen molar-refractivity contribution in [3.63, 3.8) is 0 Å². The lowest BCUT2D eigenvalue weighted by Gasteiger charge is -2.35. The average molecular weight is 610 g/mol. The van der Waals surface area contributed by atoms with E-state index in [1.807, 2.05) is 37.3 Å². The second-order valence-electron chi connectivity index (χ2n) is 10.9. The number of sulfonamides is 1. The molecule has 3 aromatic rings. The summed E-state index contributed by atoms with van der Waals surface area (Å²) in [5.74, 6) is -0.691.